The molecule has 0 spiro atoms. The summed E-state index contributed by atoms with van der Waals surface area (Å²) in [6, 6.07) is 8.50. The lowest BCUT2D eigenvalue weighted by Gasteiger charge is -2.33. The molecule has 2 aliphatic rings. The van der Waals surface area contributed by atoms with Gasteiger partial charge in [-0.05, 0) is 36.8 Å². The van der Waals surface area contributed by atoms with Crippen LogP contribution in [0.3, 0.4) is 0 Å². The number of benzene rings is 1. The largest absolute Gasteiger partial charge is 0.329 e. The zero-order valence-electron chi connectivity index (χ0n) is 14.0. The van der Waals surface area contributed by atoms with Gasteiger partial charge in [0.2, 0.25) is 0 Å². The molecule has 1 aromatic carbocycles. The number of unbranched alkanes of at least 4 members (excludes halogenated alkanes) is 1. The highest BCUT2D eigenvalue weighted by Gasteiger charge is 2.39. The molecule has 23 heavy (non-hydrogen) atoms. The molecule has 0 radical (unpaired) electrons. The molecular weight excluding hydrogens is 308 g/mol. The fourth-order valence-electron chi connectivity index (χ4n) is 3.81. The van der Waals surface area contributed by atoms with E-state index in [0.717, 1.165) is 31.4 Å². The summed E-state index contributed by atoms with van der Waals surface area (Å²) < 4.78 is 0. The van der Waals surface area contributed by atoms with Crippen LogP contribution in [-0.4, -0.2) is 36.5 Å². The van der Waals surface area contributed by atoms with Gasteiger partial charge in [-0.25, -0.2) is 0 Å². The zero-order chi connectivity index (χ0) is 16.4. The van der Waals surface area contributed by atoms with Crippen molar-refractivity contribution in [1.29, 1.82) is 0 Å². The monoisotopic (exact) mass is 333 g/mol. The van der Waals surface area contributed by atoms with Crippen LogP contribution < -0.4 is 4.90 Å². The Balaban J connectivity index is 1.84. The number of fused-ring (bicyclic) bond motifs is 2. The molecule has 3 rings (SSSR count). The van der Waals surface area contributed by atoms with Gasteiger partial charge in [-0.1, -0.05) is 24.9 Å². The van der Waals surface area contributed by atoms with E-state index in [4.69, 9.17) is 11.6 Å². The SMILES string of the molecule is CCCCN(C(=O)c1ccc(Cl)cc1)C1=CC2CCC(C1)[NH+]2C. The van der Waals surface area contributed by atoms with Gasteiger partial charge < -0.3 is 9.80 Å². The molecule has 1 saturated heterocycles. The van der Waals surface area contributed by atoms with Crippen molar-refractivity contribution in [3.05, 3.63) is 46.6 Å². The number of hydrogen-bond donors (Lipinski definition) is 1. The van der Waals surface area contributed by atoms with E-state index in [0.29, 0.717) is 17.1 Å². The van der Waals surface area contributed by atoms with Crippen molar-refractivity contribution in [1.82, 2.24) is 4.90 Å². The molecule has 2 bridgehead atoms. The maximum absolute atomic E-state index is 13.0. The van der Waals surface area contributed by atoms with Gasteiger partial charge in [0, 0.05) is 42.1 Å². The molecule has 0 saturated carbocycles. The van der Waals surface area contributed by atoms with E-state index in [1.165, 1.54) is 18.5 Å². The second-order valence-corrected chi connectivity index (χ2v) is 7.24. The van der Waals surface area contributed by atoms with E-state index in [1.54, 1.807) is 17.0 Å². The molecule has 3 unspecified atom stereocenters. The second kappa shape index (κ2) is 7.06. The number of quaternary nitrogens is 1. The van der Waals surface area contributed by atoms with Crippen molar-refractivity contribution < 1.29 is 9.69 Å². The first-order valence-electron chi connectivity index (χ1n) is 8.71. The summed E-state index contributed by atoms with van der Waals surface area (Å²) in [6.07, 6.45) is 8.02. The third-order valence-corrected chi connectivity index (χ3v) is 5.57. The van der Waals surface area contributed by atoms with Crippen LogP contribution in [0.1, 0.15) is 49.4 Å². The average molecular weight is 334 g/mol. The van der Waals surface area contributed by atoms with E-state index in [1.807, 2.05) is 17.0 Å². The fraction of sp³-hybridized carbons (Fsp3) is 0.526. The van der Waals surface area contributed by atoms with Crippen LogP contribution in [-0.2, 0) is 0 Å². The van der Waals surface area contributed by atoms with E-state index in [2.05, 4.69) is 20.0 Å². The van der Waals surface area contributed by atoms with Crippen LogP contribution in [0.4, 0.5) is 0 Å². The van der Waals surface area contributed by atoms with E-state index in [9.17, 15) is 4.79 Å². The molecule has 4 heteroatoms. The summed E-state index contributed by atoms with van der Waals surface area (Å²) >= 11 is 5.95. The Morgan fingerprint density at radius 3 is 2.70 bits per heavy atom. The van der Waals surface area contributed by atoms with Gasteiger partial charge in [0.15, 0.2) is 0 Å². The summed E-state index contributed by atoms with van der Waals surface area (Å²) in [6.45, 7) is 2.98. The third-order valence-electron chi connectivity index (χ3n) is 5.32. The van der Waals surface area contributed by atoms with Gasteiger partial charge in [0.1, 0.15) is 6.04 Å². The predicted molar refractivity (Wildman–Crippen MR) is 93.8 cm³/mol. The molecule has 124 valence electrons. The minimum Gasteiger partial charge on any atom is -0.329 e. The lowest BCUT2D eigenvalue weighted by atomic mass is 10.0. The number of likely N-dealkylation sites (N-methyl/N-ethyl adjacent to an activating group) is 1. The summed E-state index contributed by atoms with van der Waals surface area (Å²) in [4.78, 5) is 16.6. The molecule has 1 fully saturated rings. The molecule has 0 aromatic heterocycles. The number of hydrogen-bond acceptors (Lipinski definition) is 1. The van der Waals surface area contributed by atoms with Crippen LogP contribution in [0.5, 0.6) is 0 Å². The van der Waals surface area contributed by atoms with Crippen LogP contribution in [0.25, 0.3) is 0 Å². The minimum atomic E-state index is 0.111. The van der Waals surface area contributed by atoms with E-state index < -0.39 is 0 Å². The van der Waals surface area contributed by atoms with Gasteiger partial charge in [-0.15, -0.1) is 0 Å². The maximum atomic E-state index is 13.0. The predicted octanol–water partition coefficient (Wildman–Crippen LogP) is 2.92. The van der Waals surface area contributed by atoms with Crippen molar-refractivity contribution in [3.63, 3.8) is 0 Å². The number of nitrogens with one attached hydrogen (secondary N) is 1. The number of nitrogens with zero attached hydrogens (tertiary/aromatic N) is 1. The zero-order valence-corrected chi connectivity index (χ0v) is 14.8. The number of carbonyl (C=O) groups excluding carboxylic acids is 1. The van der Waals surface area contributed by atoms with Gasteiger partial charge >= 0.3 is 0 Å². The number of halogens is 1. The number of carbonyl (C=O) groups is 1. The Bertz CT molecular complexity index is 596. The van der Waals surface area contributed by atoms with E-state index >= 15 is 0 Å². The highest BCUT2D eigenvalue weighted by atomic mass is 35.5. The maximum Gasteiger partial charge on any atom is 0.258 e. The van der Waals surface area contributed by atoms with Crippen LogP contribution >= 0.6 is 11.6 Å². The average Bonchev–Trinajstić information content (AvgIpc) is 2.76. The van der Waals surface area contributed by atoms with Crippen molar-refractivity contribution in [3.8, 4) is 0 Å². The molecule has 0 aliphatic carbocycles. The van der Waals surface area contributed by atoms with Gasteiger partial charge in [0.25, 0.3) is 5.91 Å². The van der Waals surface area contributed by atoms with Crippen molar-refractivity contribution >= 4 is 17.5 Å². The number of rotatable bonds is 5. The standard InChI is InChI=1S/C19H25ClN2O/c1-3-4-11-22(19(23)14-5-7-15(20)8-6-14)18-12-16-9-10-17(13-18)21(16)2/h5-8,12,16-17H,3-4,9-11,13H2,1-2H3/p+1. The van der Waals surface area contributed by atoms with Crippen LogP contribution in [0.15, 0.2) is 36.0 Å². The molecule has 1 aromatic rings. The van der Waals surface area contributed by atoms with Crippen molar-refractivity contribution in [2.24, 2.45) is 0 Å². The Morgan fingerprint density at radius 2 is 2.04 bits per heavy atom. The Kier molecular flexibility index (Phi) is 5.08. The summed E-state index contributed by atoms with van der Waals surface area (Å²) in [5.74, 6) is 0.111. The normalized spacial score (nSPS) is 26.0. The minimum absolute atomic E-state index is 0.111. The van der Waals surface area contributed by atoms with Gasteiger partial charge in [-0.3, -0.25) is 4.79 Å². The van der Waals surface area contributed by atoms with Crippen LogP contribution in [0, 0.1) is 0 Å². The molecule has 3 nitrogen and oxygen atoms in total. The number of amides is 1. The Labute approximate surface area is 143 Å². The highest BCUT2D eigenvalue weighted by molar-refractivity contribution is 6.30. The summed E-state index contributed by atoms with van der Waals surface area (Å²) in [7, 11) is 2.28. The van der Waals surface area contributed by atoms with E-state index in [-0.39, 0.29) is 5.91 Å². The molecular formula is C19H26ClN2O+. The summed E-state index contributed by atoms with van der Waals surface area (Å²) in [5.41, 5.74) is 1.96. The molecule has 1 amide bonds. The second-order valence-electron chi connectivity index (χ2n) is 6.80. The fourth-order valence-corrected chi connectivity index (χ4v) is 3.94. The topological polar surface area (TPSA) is 24.8 Å². The molecule has 2 aliphatic heterocycles. The first kappa shape index (κ1) is 16.5. The van der Waals surface area contributed by atoms with Crippen molar-refractivity contribution in [2.45, 2.75) is 51.1 Å². The third kappa shape index (κ3) is 3.46. The van der Waals surface area contributed by atoms with Gasteiger partial charge in [-0.2, -0.15) is 0 Å². The van der Waals surface area contributed by atoms with Crippen molar-refractivity contribution in [2.75, 3.05) is 13.6 Å². The Hall–Kier alpha value is -1.32. The molecule has 3 atom stereocenters. The summed E-state index contributed by atoms with van der Waals surface area (Å²) in [5, 5.41) is 0.668. The lowest BCUT2D eigenvalue weighted by Crippen LogP contribution is -3.14. The quantitative estimate of drug-likeness (QED) is 0.880. The lowest BCUT2D eigenvalue weighted by molar-refractivity contribution is -0.912. The smallest absolute Gasteiger partial charge is 0.258 e. The van der Waals surface area contributed by atoms with Gasteiger partial charge in [0.05, 0.1) is 13.1 Å². The first-order valence-corrected chi connectivity index (χ1v) is 9.09. The molecule has 2 heterocycles. The first-order chi connectivity index (χ1) is 11.1. The highest BCUT2D eigenvalue weighted by Crippen LogP contribution is 2.26. The molecule has 1 N–H and O–H groups in total. The Morgan fingerprint density at radius 1 is 1.30 bits per heavy atom. The van der Waals surface area contributed by atoms with Crippen LogP contribution in [0.2, 0.25) is 5.02 Å².